The van der Waals surface area contributed by atoms with Gasteiger partial charge in [0.1, 0.15) is 11.6 Å². The van der Waals surface area contributed by atoms with E-state index in [1.165, 1.54) is 0 Å². The number of piperazine rings is 1. The molecule has 8 nitrogen and oxygen atoms in total. The zero-order valence-electron chi connectivity index (χ0n) is 13.3. The Morgan fingerprint density at radius 2 is 1.91 bits per heavy atom. The van der Waals surface area contributed by atoms with Gasteiger partial charge in [-0.15, -0.1) is 5.10 Å². The van der Waals surface area contributed by atoms with Gasteiger partial charge >= 0.3 is 0 Å². The van der Waals surface area contributed by atoms with Gasteiger partial charge in [0.2, 0.25) is 5.89 Å². The van der Waals surface area contributed by atoms with Crippen molar-refractivity contribution in [1.29, 1.82) is 0 Å². The Labute approximate surface area is 133 Å². The highest BCUT2D eigenvalue weighted by Gasteiger charge is 2.21. The molecule has 0 aliphatic carbocycles. The molecular weight excluding hydrogens is 294 g/mol. The third-order valence-corrected chi connectivity index (χ3v) is 4.06. The average Bonchev–Trinajstić information content (AvgIpc) is 3.12. The van der Waals surface area contributed by atoms with Gasteiger partial charge in [-0.2, -0.15) is 4.52 Å². The number of hydrogen-bond donors (Lipinski definition) is 0. The van der Waals surface area contributed by atoms with Crippen LogP contribution in [0.4, 0.5) is 5.82 Å². The number of nitrogens with zero attached hydrogens (tertiary/aromatic N) is 7. The molecule has 1 fully saturated rings. The monoisotopic (exact) mass is 313 g/mol. The molecule has 1 aliphatic rings. The van der Waals surface area contributed by atoms with Crippen molar-refractivity contribution in [2.75, 3.05) is 31.1 Å². The summed E-state index contributed by atoms with van der Waals surface area (Å²) in [6.45, 7) is 8.30. The first-order valence-corrected chi connectivity index (χ1v) is 7.75. The third-order valence-electron chi connectivity index (χ3n) is 4.06. The lowest BCUT2D eigenvalue weighted by Gasteiger charge is -2.35. The van der Waals surface area contributed by atoms with Crippen molar-refractivity contribution in [1.82, 2.24) is 29.5 Å². The van der Waals surface area contributed by atoms with Crippen molar-refractivity contribution in [3.05, 3.63) is 36.1 Å². The first kappa shape index (κ1) is 14.1. The lowest BCUT2D eigenvalue weighted by atomic mass is 10.3. The molecule has 4 heterocycles. The summed E-state index contributed by atoms with van der Waals surface area (Å²) in [5.41, 5.74) is 0.790. The summed E-state index contributed by atoms with van der Waals surface area (Å²) in [5.74, 6) is 3.40. The van der Waals surface area contributed by atoms with Crippen LogP contribution in [0, 0.1) is 13.8 Å². The van der Waals surface area contributed by atoms with Crippen LogP contribution in [-0.4, -0.2) is 55.6 Å². The van der Waals surface area contributed by atoms with E-state index in [-0.39, 0.29) is 0 Å². The van der Waals surface area contributed by atoms with Crippen LogP contribution in [0.3, 0.4) is 0 Å². The molecule has 120 valence electrons. The minimum absolute atomic E-state index is 0.757. The minimum atomic E-state index is 0.757. The normalized spacial score (nSPS) is 16.3. The Kier molecular flexibility index (Phi) is 3.45. The fraction of sp³-hybridized carbons (Fsp3) is 0.467. The Balaban J connectivity index is 1.46. The lowest BCUT2D eigenvalue weighted by molar-refractivity contribution is 0.224. The number of aromatic nitrogens is 5. The minimum Gasteiger partial charge on any atom is -0.445 e. The van der Waals surface area contributed by atoms with Crippen molar-refractivity contribution in [3.8, 4) is 0 Å². The smallest absolute Gasteiger partial charge is 0.208 e. The van der Waals surface area contributed by atoms with E-state index < -0.39 is 0 Å². The highest BCUT2D eigenvalue weighted by Crippen LogP contribution is 2.17. The van der Waals surface area contributed by atoms with Crippen LogP contribution < -0.4 is 4.90 Å². The number of anilines is 1. The summed E-state index contributed by atoms with van der Waals surface area (Å²) in [6.07, 6.45) is 5.36. The second-order valence-corrected chi connectivity index (χ2v) is 5.82. The van der Waals surface area contributed by atoms with Gasteiger partial charge < -0.3 is 9.32 Å². The number of rotatable bonds is 3. The fourth-order valence-electron chi connectivity index (χ4n) is 2.93. The maximum absolute atomic E-state index is 5.56. The molecule has 4 rings (SSSR count). The number of hydrogen-bond acceptors (Lipinski definition) is 7. The molecule has 0 bridgehead atoms. The quantitative estimate of drug-likeness (QED) is 0.715. The molecule has 8 heteroatoms. The van der Waals surface area contributed by atoms with Crippen LogP contribution in [0.5, 0.6) is 0 Å². The van der Waals surface area contributed by atoms with Gasteiger partial charge in [-0.3, -0.25) is 9.88 Å². The summed E-state index contributed by atoms with van der Waals surface area (Å²) in [7, 11) is 0. The molecule has 0 spiro atoms. The topological polar surface area (TPSA) is 75.6 Å². The van der Waals surface area contributed by atoms with Gasteiger partial charge in [0, 0.05) is 26.2 Å². The largest absolute Gasteiger partial charge is 0.445 e. The second-order valence-electron chi connectivity index (χ2n) is 5.82. The van der Waals surface area contributed by atoms with Gasteiger partial charge in [0.05, 0.1) is 25.1 Å². The molecule has 0 N–H and O–H groups in total. The van der Waals surface area contributed by atoms with Crippen LogP contribution in [0.2, 0.25) is 0 Å². The van der Waals surface area contributed by atoms with Crippen LogP contribution in [-0.2, 0) is 6.54 Å². The van der Waals surface area contributed by atoms with E-state index in [0.29, 0.717) is 0 Å². The Bertz CT molecular complexity index is 816. The molecule has 1 saturated heterocycles. The van der Waals surface area contributed by atoms with E-state index >= 15 is 0 Å². The highest BCUT2D eigenvalue weighted by molar-refractivity contribution is 5.47. The molecular formula is C15H19N7O. The third kappa shape index (κ3) is 2.77. The molecule has 1 aliphatic heterocycles. The van der Waals surface area contributed by atoms with E-state index in [1.54, 1.807) is 12.4 Å². The van der Waals surface area contributed by atoms with E-state index in [2.05, 4.69) is 29.9 Å². The summed E-state index contributed by atoms with van der Waals surface area (Å²) in [5, 5.41) is 4.46. The summed E-state index contributed by atoms with van der Waals surface area (Å²) in [4.78, 5) is 17.6. The first-order valence-electron chi connectivity index (χ1n) is 7.75. The molecule has 0 saturated carbocycles. The standard InChI is InChI=1S/C15H19N7O/c1-11-7-17-14(23-11)10-20-3-5-21(6-4-20)15-9-16-8-13-18-12(2)19-22(13)15/h7-9H,3-6,10H2,1-2H3. The predicted octanol–water partition coefficient (Wildman–Crippen LogP) is 1.05. The molecule has 23 heavy (non-hydrogen) atoms. The van der Waals surface area contributed by atoms with Gasteiger partial charge in [-0.25, -0.2) is 9.97 Å². The van der Waals surface area contributed by atoms with Crippen molar-refractivity contribution in [2.45, 2.75) is 20.4 Å². The molecule has 0 atom stereocenters. The number of fused-ring (bicyclic) bond motifs is 1. The van der Waals surface area contributed by atoms with Crippen molar-refractivity contribution < 1.29 is 4.42 Å². The van der Waals surface area contributed by atoms with E-state index in [9.17, 15) is 0 Å². The second kappa shape index (κ2) is 5.62. The Morgan fingerprint density at radius 1 is 1.09 bits per heavy atom. The lowest BCUT2D eigenvalue weighted by Crippen LogP contribution is -2.46. The van der Waals surface area contributed by atoms with Crippen LogP contribution in [0.1, 0.15) is 17.5 Å². The molecule has 0 radical (unpaired) electrons. The Hall–Kier alpha value is -2.48. The van der Waals surface area contributed by atoms with Gasteiger partial charge in [0.25, 0.3) is 0 Å². The molecule has 3 aromatic heterocycles. The SMILES string of the molecule is Cc1nc2cncc(N3CCN(Cc4ncc(C)o4)CC3)n2n1. The van der Waals surface area contributed by atoms with Gasteiger partial charge in [-0.1, -0.05) is 0 Å². The Morgan fingerprint density at radius 3 is 2.65 bits per heavy atom. The number of aryl methyl sites for hydroxylation is 2. The summed E-state index contributed by atoms with van der Waals surface area (Å²) < 4.78 is 7.43. The number of oxazole rings is 1. The molecule has 0 amide bonds. The zero-order valence-corrected chi connectivity index (χ0v) is 13.3. The fourth-order valence-corrected chi connectivity index (χ4v) is 2.93. The van der Waals surface area contributed by atoms with Gasteiger partial charge in [0.15, 0.2) is 11.5 Å². The van der Waals surface area contributed by atoms with Gasteiger partial charge in [-0.05, 0) is 13.8 Å². The van der Waals surface area contributed by atoms with Crippen molar-refractivity contribution >= 4 is 11.5 Å². The van der Waals surface area contributed by atoms with E-state index in [4.69, 9.17) is 4.42 Å². The summed E-state index contributed by atoms with van der Waals surface area (Å²) in [6, 6.07) is 0. The van der Waals surface area contributed by atoms with E-state index in [1.807, 2.05) is 24.6 Å². The average molecular weight is 313 g/mol. The molecule has 0 unspecified atom stereocenters. The van der Waals surface area contributed by atoms with Crippen LogP contribution in [0.15, 0.2) is 23.0 Å². The maximum atomic E-state index is 5.56. The molecule has 0 aromatic carbocycles. The van der Waals surface area contributed by atoms with E-state index in [0.717, 1.165) is 61.7 Å². The molecule has 3 aromatic rings. The zero-order chi connectivity index (χ0) is 15.8. The maximum Gasteiger partial charge on any atom is 0.208 e. The van der Waals surface area contributed by atoms with Crippen LogP contribution >= 0.6 is 0 Å². The summed E-state index contributed by atoms with van der Waals surface area (Å²) >= 11 is 0. The first-order chi connectivity index (χ1) is 11.2. The van der Waals surface area contributed by atoms with Crippen LogP contribution in [0.25, 0.3) is 5.65 Å². The van der Waals surface area contributed by atoms with Crippen molar-refractivity contribution in [2.24, 2.45) is 0 Å². The predicted molar refractivity (Wildman–Crippen MR) is 84.2 cm³/mol. The highest BCUT2D eigenvalue weighted by atomic mass is 16.4. The van der Waals surface area contributed by atoms with Crippen molar-refractivity contribution in [3.63, 3.8) is 0 Å².